The molecule has 122 valence electrons. The second kappa shape index (κ2) is 6.88. The van der Waals surface area contributed by atoms with E-state index in [2.05, 4.69) is 26.3 Å². The van der Waals surface area contributed by atoms with Crippen LogP contribution in [0, 0.1) is 0 Å². The molecule has 1 heterocycles. The van der Waals surface area contributed by atoms with Gasteiger partial charge in [0.05, 0.1) is 17.9 Å². The first-order valence-corrected chi connectivity index (χ1v) is 8.24. The van der Waals surface area contributed by atoms with Crippen LogP contribution in [-0.4, -0.2) is 20.8 Å². The summed E-state index contributed by atoms with van der Waals surface area (Å²) < 4.78 is 2.46. The van der Waals surface area contributed by atoms with Crippen LogP contribution in [0.1, 0.15) is 29.0 Å². The van der Waals surface area contributed by atoms with Crippen molar-refractivity contribution >= 4 is 21.8 Å². The van der Waals surface area contributed by atoms with Gasteiger partial charge in [0.15, 0.2) is 11.4 Å². The lowest BCUT2D eigenvalue weighted by atomic mass is 10.1. The largest absolute Gasteiger partial charge is 0.504 e. The SMILES string of the molecule is CC(NC(=O)c1nn(-c2ccccc2)cc1O)c1ccc(Br)cc1. The van der Waals surface area contributed by atoms with Crippen molar-refractivity contribution in [2.24, 2.45) is 0 Å². The van der Waals surface area contributed by atoms with E-state index < -0.39 is 5.91 Å². The first kappa shape index (κ1) is 16.3. The molecule has 24 heavy (non-hydrogen) atoms. The number of halogens is 1. The van der Waals surface area contributed by atoms with Gasteiger partial charge in [0, 0.05) is 4.47 Å². The normalized spacial score (nSPS) is 11.9. The van der Waals surface area contributed by atoms with Gasteiger partial charge in [0.1, 0.15) is 0 Å². The van der Waals surface area contributed by atoms with E-state index in [1.165, 1.54) is 10.9 Å². The average molecular weight is 386 g/mol. The highest BCUT2D eigenvalue weighted by Crippen LogP contribution is 2.20. The van der Waals surface area contributed by atoms with Crippen LogP contribution in [0.3, 0.4) is 0 Å². The predicted molar refractivity (Wildman–Crippen MR) is 95.3 cm³/mol. The minimum atomic E-state index is -0.419. The van der Waals surface area contributed by atoms with Crippen molar-refractivity contribution in [1.82, 2.24) is 15.1 Å². The van der Waals surface area contributed by atoms with Crippen LogP contribution in [0.15, 0.2) is 65.3 Å². The Balaban J connectivity index is 1.78. The number of para-hydroxylation sites is 1. The van der Waals surface area contributed by atoms with E-state index >= 15 is 0 Å². The summed E-state index contributed by atoms with van der Waals surface area (Å²) in [5, 5.41) is 17.1. The molecule has 1 atom stereocenters. The Bertz CT molecular complexity index is 844. The Hall–Kier alpha value is -2.60. The fraction of sp³-hybridized carbons (Fsp3) is 0.111. The highest BCUT2D eigenvalue weighted by Gasteiger charge is 2.19. The molecule has 0 spiro atoms. The van der Waals surface area contributed by atoms with Crippen LogP contribution in [-0.2, 0) is 0 Å². The molecule has 3 rings (SSSR count). The van der Waals surface area contributed by atoms with E-state index in [9.17, 15) is 9.90 Å². The van der Waals surface area contributed by atoms with E-state index in [0.29, 0.717) is 0 Å². The fourth-order valence-electron chi connectivity index (χ4n) is 2.34. The minimum absolute atomic E-state index is 0.00261. The van der Waals surface area contributed by atoms with E-state index in [-0.39, 0.29) is 17.5 Å². The second-order valence-electron chi connectivity index (χ2n) is 5.39. The maximum Gasteiger partial charge on any atom is 0.276 e. The van der Waals surface area contributed by atoms with Gasteiger partial charge in [-0.1, -0.05) is 46.3 Å². The lowest BCUT2D eigenvalue weighted by Gasteiger charge is -2.13. The van der Waals surface area contributed by atoms with Crippen LogP contribution in [0.25, 0.3) is 5.69 Å². The second-order valence-corrected chi connectivity index (χ2v) is 6.31. The number of aromatic nitrogens is 2. The molecule has 1 amide bonds. The molecular formula is C18H16BrN3O2. The highest BCUT2D eigenvalue weighted by atomic mass is 79.9. The summed E-state index contributed by atoms with van der Waals surface area (Å²) in [5.41, 5.74) is 1.74. The third-order valence-electron chi connectivity index (χ3n) is 3.65. The Morgan fingerprint density at radius 2 is 1.83 bits per heavy atom. The monoisotopic (exact) mass is 385 g/mol. The molecule has 0 saturated heterocycles. The maximum absolute atomic E-state index is 12.4. The first-order valence-electron chi connectivity index (χ1n) is 7.45. The zero-order valence-electron chi connectivity index (χ0n) is 13.0. The molecule has 2 N–H and O–H groups in total. The smallest absolute Gasteiger partial charge is 0.276 e. The molecule has 3 aromatic rings. The van der Waals surface area contributed by atoms with Gasteiger partial charge in [-0.05, 0) is 36.8 Å². The van der Waals surface area contributed by atoms with Gasteiger partial charge in [-0.25, -0.2) is 4.68 Å². The lowest BCUT2D eigenvalue weighted by molar-refractivity contribution is 0.0932. The Kier molecular flexibility index (Phi) is 4.66. The van der Waals surface area contributed by atoms with Crippen molar-refractivity contribution < 1.29 is 9.90 Å². The van der Waals surface area contributed by atoms with Gasteiger partial charge in [0.2, 0.25) is 0 Å². The number of hydrogen-bond acceptors (Lipinski definition) is 3. The van der Waals surface area contributed by atoms with Gasteiger partial charge in [0.25, 0.3) is 5.91 Å². The topological polar surface area (TPSA) is 67.2 Å². The molecule has 5 nitrogen and oxygen atoms in total. The van der Waals surface area contributed by atoms with Crippen LogP contribution < -0.4 is 5.32 Å². The number of carbonyl (C=O) groups excluding carboxylic acids is 1. The number of benzene rings is 2. The van der Waals surface area contributed by atoms with Crippen molar-refractivity contribution in [1.29, 1.82) is 0 Å². The maximum atomic E-state index is 12.4. The quantitative estimate of drug-likeness (QED) is 0.716. The van der Waals surface area contributed by atoms with Gasteiger partial charge >= 0.3 is 0 Å². The summed E-state index contributed by atoms with van der Waals surface area (Å²) in [6, 6.07) is 16.8. The van der Waals surface area contributed by atoms with E-state index in [1.54, 1.807) is 0 Å². The van der Waals surface area contributed by atoms with Crippen LogP contribution >= 0.6 is 15.9 Å². The van der Waals surface area contributed by atoms with Crippen LogP contribution in [0.4, 0.5) is 0 Å². The summed E-state index contributed by atoms with van der Waals surface area (Å²) in [4.78, 5) is 12.4. The average Bonchev–Trinajstić information content (AvgIpc) is 2.98. The standard InChI is InChI=1S/C18H16BrN3O2/c1-12(13-7-9-14(19)10-8-13)20-18(24)17-16(23)11-22(21-17)15-5-3-2-4-6-15/h2-12,23H,1H3,(H,20,24). The number of hydrogen-bond donors (Lipinski definition) is 2. The molecule has 1 unspecified atom stereocenters. The molecule has 0 aliphatic carbocycles. The van der Waals surface area contributed by atoms with E-state index in [1.807, 2.05) is 61.5 Å². The zero-order valence-corrected chi connectivity index (χ0v) is 14.6. The molecule has 0 bridgehead atoms. The molecule has 0 aliphatic rings. The number of aromatic hydroxyl groups is 1. The number of nitrogens with zero attached hydrogens (tertiary/aromatic N) is 2. The van der Waals surface area contributed by atoms with E-state index in [4.69, 9.17) is 0 Å². The van der Waals surface area contributed by atoms with Crippen molar-refractivity contribution in [3.05, 3.63) is 76.5 Å². The van der Waals surface area contributed by atoms with Gasteiger partial charge in [-0.2, -0.15) is 5.10 Å². The third-order valence-corrected chi connectivity index (χ3v) is 4.18. The van der Waals surface area contributed by atoms with Crippen molar-refractivity contribution in [3.8, 4) is 11.4 Å². The number of rotatable bonds is 4. The van der Waals surface area contributed by atoms with E-state index in [0.717, 1.165) is 15.7 Å². The Morgan fingerprint density at radius 3 is 2.50 bits per heavy atom. The molecule has 0 fully saturated rings. The number of nitrogens with one attached hydrogen (secondary N) is 1. The van der Waals surface area contributed by atoms with Crippen molar-refractivity contribution in [2.75, 3.05) is 0 Å². The molecule has 1 aromatic heterocycles. The fourth-order valence-corrected chi connectivity index (χ4v) is 2.60. The lowest BCUT2D eigenvalue weighted by Crippen LogP contribution is -2.27. The highest BCUT2D eigenvalue weighted by molar-refractivity contribution is 9.10. The van der Waals surface area contributed by atoms with Gasteiger partial charge in [-0.3, -0.25) is 4.79 Å². The summed E-state index contributed by atoms with van der Waals surface area (Å²) in [6.45, 7) is 1.88. The summed E-state index contributed by atoms with van der Waals surface area (Å²) in [6.07, 6.45) is 1.43. The van der Waals surface area contributed by atoms with Gasteiger partial charge in [-0.15, -0.1) is 0 Å². The molecular weight excluding hydrogens is 370 g/mol. The van der Waals surface area contributed by atoms with Crippen molar-refractivity contribution in [2.45, 2.75) is 13.0 Å². The number of carbonyl (C=O) groups is 1. The summed E-state index contributed by atoms with van der Waals surface area (Å²) in [7, 11) is 0. The first-order chi connectivity index (χ1) is 11.5. The molecule has 0 radical (unpaired) electrons. The Morgan fingerprint density at radius 1 is 1.17 bits per heavy atom. The zero-order chi connectivity index (χ0) is 17.1. The van der Waals surface area contributed by atoms with Crippen LogP contribution in [0.5, 0.6) is 5.75 Å². The van der Waals surface area contributed by atoms with Crippen molar-refractivity contribution in [3.63, 3.8) is 0 Å². The molecule has 0 saturated carbocycles. The minimum Gasteiger partial charge on any atom is -0.504 e. The molecule has 0 aliphatic heterocycles. The summed E-state index contributed by atoms with van der Waals surface area (Å²) in [5.74, 6) is -0.572. The number of amides is 1. The Labute approximate surface area is 148 Å². The van der Waals surface area contributed by atoms with Gasteiger partial charge < -0.3 is 10.4 Å². The molecule has 2 aromatic carbocycles. The third kappa shape index (κ3) is 3.49. The van der Waals surface area contributed by atoms with Crippen LogP contribution in [0.2, 0.25) is 0 Å². The predicted octanol–water partition coefficient (Wildman–Crippen LogP) is 3.83. The summed E-state index contributed by atoms with van der Waals surface area (Å²) >= 11 is 3.38. The molecule has 6 heteroatoms.